The van der Waals surface area contributed by atoms with Crippen molar-refractivity contribution < 1.29 is 18.3 Å². The van der Waals surface area contributed by atoms with E-state index in [2.05, 4.69) is 35.4 Å². The van der Waals surface area contributed by atoms with Crippen LogP contribution in [0.3, 0.4) is 0 Å². The highest BCUT2D eigenvalue weighted by molar-refractivity contribution is 7.90. The molecule has 4 aromatic rings. The number of hydrogen-bond acceptors (Lipinski definition) is 9. The van der Waals surface area contributed by atoms with Gasteiger partial charge in [0.2, 0.25) is 11.8 Å². The van der Waals surface area contributed by atoms with Crippen LogP contribution in [-0.2, 0) is 22.2 Å². The lowest BCUT2D eigenvalue weighted by Gasteiger charge is -2.26. The van der Waals surface area contributed by atoms with Crippen LogP contribution in [0.25, 0.3) is 0 Å². The summed E-state index contributed by atoms with van der Waals surface area (Å²) >= 11 is 12.0. The Morgan fingerprint density at radius 2 is 1.73 bits per heavy atom. The zero-order chi connectivity index (χ0) is 28.3. The molecular formula is C25H22Cl2N8O4S. The van der Waals surface area contributed by atoms with E-state index < -0.39 is 15.6 Å². The quantitative estimate of drug-likeness (QED) is 0.216. The van der Waals surface area contributed by atoms with Gasteiger partial charge in [-0.2, -0.15) is 10.3 Å². The standard InChI is InChI=1S/C25H22Cl2N8O4S/c1-28-24(32-40(37,38)21-12-8-19(27)9-13-21)35-15-25(36,23(31-35)16-2-6-18(26)7-3-16)17-4-10-20(11-5-17)39-14-22-29-33-34-30-22/h2-13,36H,14-15H2,1H3,(H,28,32)(H,29,30,33,34). The van der Waals surface area contributed by atoms with E-state index in [1.165, 1.54) is 36.3 Å². The third-order valence-electron chi connectivity index (χ3n) is 6.00. The molecule has 0 bridgehead atoms. The van der Waals surface area contributed by atoms with Gasteiger partial charge in [-0.25, -0.2) is 18.1 Å². The van der Waals surface area contributed by atoms with Gasteiger partial charge in [0.15, 0.2) is 12.2 Å². The molecule has 1 aliphatic rings. The summed E-state index contributed by atoms with van der Waals surface area (Å²) in [5.41, 5.74) is -0.298. The number of aromatic amines is 1. The SMILES string of the molecule is CN=C(NS(=O)(=O)c1ccc(Cl)cc1)N1CC(O)(c2ccc(OCc3nn[nH]n3)cc2)C(c2ccc(Cl)cc2)=N1. The highest BCUT2D eigenvalue weighted by atomic mass is 35.5. The summed E-state index contributed by atoms with van der Waals surface area (Å²) in [6.07, 6.45) is 0. The van der Waals surface area contributed by atoms with Gasteiger partial charge in [0.1, 0.15) is 11.5 Å². The molecule has 0 saturated heterocycles. The Labute approximate surface area is 239 Å². The number of aromatic nitrogens is 4. The largest absolute Gasteiger partial charge is 0.485 e. The Hall–Kier alpha value is -4.04. The number of sulfonamides is 1. The smallest absolute Gasteiger partial charge is 0.264 e. The highest BCUT2D eigenvalue weighted by Crippen LogP contribution is 2.34. The summed E-state index contributed by atoms with van der Waals surface area (Å²) in [5.74, 6) is 0.819. The second-order valence-electron chi connectivity index (χ2n) is 8.62. The molecule has 0 amide bonds. The van der Waals surface area contributed by atoms with Crippen molar-refractivity contribution in [3.63, 3.8) is 0 Å². The Bertz CT molecular complexity index is 1650. The average molecular weight is 601 g/mol. The number of halogens is 2. The molecule has 5 rings (SSSR count). The number of ether oxygens (including phenoxy) is 1. The molecule has 0 spiro atoms. The number of benzene rings is 3. The molecule has 1 aliphatic heterocycles. The predicted octanol–water partition coefficient (Wildman–Crippen LogP) is 2.96. The molecule has 0 fully saturated rings. The molecule has 40 heavy (non-hydrogen) atoms. The van der Waals surface area contributed by atoms with Crippen LogP contribution in [0.4, 0.5) is 0 Å². The predicted molar refractivity (Wildman–Crippen MR) is 149 cm³/mol. The van der Waals surface area contributed by atoms with Crippen LogP contribution in [0.15, 0.2) is 87.8 Å². The first-order valence-electron chi connectivity index (χ1n) is 11.7. The van der Waals surface area contributed by atoms with Gasteiger partial charge in [0.25, 0.3) is 10.0 Å². The maximum atomic E-state index is 13.1. The van der Waals surface area contributed by atoms with E-state index in [1.807, 2.05) is 0 Å². The number of nitrogens with one attached hydrogen (secondary N) is 2. The van der Waals surface area contributed by atoms with E-state index in [9.17, 15) is 13.5 Å². The third-order valence-corrected chi connectivity index (χ3v) is 7.85. The second-order valence-corrected chi connectivity index (χ2v) is 11.2. The minimum absolute atomic E-state index is 0.00850. The molecular weight excluding hydrogens is 579 g/mol. The van der Waals surface area contributed by atoms with Crippen LogP contribution in [0.5, 0.6) is 5.75 Å². The first-order valence-corrected chi connectivity index (χ1v) is 14.0. The summed E-state index contributed by atoms with van der Waals surface area (Å²) in [5, 5.41) is 32.4. The van der Waals surface area contributed by atoms with E-state index in [-0.39, 0.29) is 29.7 Å². The van der Waals surface area contributed by atoms with Crippen molar-refractivity contribution in [1.29, 1.82) is 0 Å². The molecule has 3 aromatic carbocycles. The summed E-state index contributed by atoms with van der Waals surface area (Å²) in [4.78, 5) is 4.10. The van der Waals surface area contributed by atoms with Crippen molar-refractivity contribution in [2.45, 2.75) is 17.1 Å². The van der Waals surface area contributed by atoms with Gasteiger partial charge >= 0.3 is 0 Å². The monoisotopic (exact) mass is 600 g/mol. The normalized spacial score (nSPS) is 17.6. The van der Waals surface area contributed by atoms with Crippen LogP contribution in [0, 0.1) is 0 Å². The number of aliphatic hydroxyl groups is 1. The van der Waals surface area contributed by atoms with Crippen LogP contribution < -0.4 is 9.46 Å². The lowest BCUT2D eigenvalue weighted by atomic mass is 9.86. The minimum atomic E-state index is -4.03. The van der Waals surface area contributed by atoms with Crippen LogP contribution >= 0.6 is 23.2 Å². The fourth-order valence-electron chi connectivity index (χ4n) is 4.01. The zero-order valence-electron chi connectivity index (χ0n) is 20.9. The number of hydrazone groups is 1. The number of H-pyrrole nitrogens is 1. The summed E-state index contributed by atoms with van der Waals surface area (Å²) < 4.78 is 34.3. The van der Waals surface area contributed by atoms with Gasteiger partial charge in [-0.05, 0) is 54.1 Å². The maximum absolute atomic E-state index is 13.1. The van der Waals surface area contributed by atoms with E-state index in [0.717, 1.165) is 0 Å². The fourth-order valence-corrected chi connectivity index (χ4v) is 5.31. The highest BCUT2D eigenvalue weighted by Gasteiger charge is 2.45. The lowest BCUT2D eigenvalue weighted by Crippen LogP contribution is -2.45. The second kappa shape index (κ2) is 11.2. The van der Waals surface area contributed by atoms with Gasteiger partial charge in [-0.3, -0.25) is 4.99 Å². The Balaban J connectivity index is 1.44. The Morgan fingerprint density at radius 3 is 2.33 bits per heavy atom. The number of rotatable bonds is 7. The van der Waals surface area contributed by atoms with Crippen molar-refractivity contribution in [3.8, 4) is 5.75 Å². The maximum Gasteiger partial charge on any atom is 0.264 e. The van der Waals surface area contributed by atoms with Crippen molar-refractivity contribution in [2.24, 2.45) is 10.1 Å². The number of hydrogen-bond donors (Lipinski definition) is 3. The van der Waals surface area contributed by atoms with Crippen molar-refractivity contribution in [1.82, 2.24) is 30.4 Å². The summed E-state index contributed by atoms with van der Waals surface area (Å²) in [7, 11) is -2.61. The molecule has 3 N–H and O–H groups in total. The zero-order valence-corrected chi connectivity index (χ0v) is 23.2. The molecule has 1 aromatic heterocycles. The van der Waals surface area contributed by atoms with Gasteiger partial charge in [0, 0.05) is 22.7 Å². The van der Waals surface area contributed by atoms with Gasteiger partial charge in [0.05, 0.1) is 11.4 Å². The number of aliphatic imine (C=N–C) groups is 1. The Morgan fingerprint density at radius 1 is 1.07 bits per heavy atom. The van der Waals surface area contributed by atoms with Crippen LogP contribution in [-0.4, -0.2) is 64.4 Å². The molecule has 2 heterocycles. The first kappa shape index (κ1) is 27.5. The van der Waals surface area contributed by atoms with Crippen molar-refractivity contribution in [2.75, 3.05) is 13.6 Å². The van der Waals surface area contributed by atoms with Crippen LogP contribution in [0.2, 0.25) is 10.0 Å². The van der Waals surface area contributed by atoms with E-state index in [1.54, 1.807) is 48.5 Å². The minimum Gasteiger partial charge on any atom is -0.485 e. The third kappa shape index (κ3) is 5.77. The molecule has 0 saturated carbocycles. The van der Waals surface area contributed by atoms with Crippen molar-refractivity contribution >= 4 is 44.9 Å². The van der Waals surface area contributed by atoms with E-state index in [4.69, 9.17) is 27.9 Å². The topological polar surface area (TPSA) is 158 Å². The number of tetrazole rings is 1. The number of β-amino-alcohol motifs (C(OH)–C–C–N with tert-alkyl or cyclic N) is 1. The fraction of sp³-hybridized carbons (Fsp3) is 0.160. The lowest BCUT2D eigenvalue weighted by molar-refractivity contribution is 0.103. The molecule has 206 valence electrons. The molecule has 1 atom stereocenters. The summed E-state index contributed by atoms with van der Waals surface area (Å²) in [6.45, 7) is -0.0285. The molecule has 15 heteroatoms. The molecule has 12 nitrogen and oxygen atoms in total. The van der Waals surface area contributed by atoms with Gasteiger partial charge < -0.3 is 9.84 Å². The van der Waals surface area contributed by atoms with Crippen molar-refractivity contribution in [3.05, 3.63) is 99.8 Å². The van der Waals surface area contributed by atoms with Gasteiger partial charge in [-0.1, -0.05) is 52.7 Å². The average Bonchev–Trinajstić information content (AvgIpc) is 3.60. The Kier molecular flexibility index (Phi) is 7.72. The van der Waals surface area contributed by atoms with E-state index >= 15 is 0 Å². The number of nitrogens with zero attached hydrogens (tertiary/aromatic N) is 6. The van der Waals surface area contributed by atoms with Crippen LogP contribution in [0.1, 0.15) is 17.0 Å². The molecule has 0 radical (unpaired) electrons. The first-order chi connectivity index (χ1) is 19.2. The van der Waals surface area contributed by atoms with Gasteiger partial charge in [-0.15, -0.1) is 10.2 Å². The molecule has 1 unspecified atom stereocenters. The van der Waals surface area contributed by atoms with E-state index in [0.29, 0.717) is 32.7 Å². The number of guanidine groups is 1. The summed E-state index contributed by atoms with van der Waals surface area (Å²) in [6, 6.07) is 19.3. The molecule has 0 aliphatic carbocycles.